The summed E-state index contributed by atoms with van der Waals surface area (Å²) >= 11 is 0. The van der Waals surface area contributed by atoms with Crippen LogP contribution in [0.25, 0.3) is 0 Å². The molecule has 170 valence electrons. The fraction of sp³-hybridized carbons (Fsp3) is 0.609. The molecule has 1 fully saturated rings. The van der Waals surface area contributed by atoms with Crippen molar-refractivity contribution in [3.63, 3.8) is 0 Å². The summed E-state index contributed by atoms with van der Waals surface area (Å²) < 4.78 is 11.0. The molecule has 2 N–H and O–H groups in total. The molecule has 3 atom stereocenters. The quantitative estimate of drug-likeness (QED) is 0.745. The number of hydrogen-bond donors (Lipinski definition) is 2. The van der Waals surface area contributed by atoms with Gasteiger partial charge in [-0.05, 0) is 51.7 Å². The molecule has 0 bridgehead atoms. The molecule has 2 heterocycles. The highest BCUT2D eigenvalue weighted by Crippen LogP contribution is 2.25. The maximum Gasteiger partial charge on any atom is 0.411 e. The van der Waals surface area contributed by atoms with E-state index in [2.05, 4.69) is 10.6 Å². The van der Waals surface area contributed by atoms with Crippen LogP contribution in [0.4, 0.5) is 4.79 Å². The van der Waals surface area contributed by atoms with Crippen LogP contribution in [0, 0.1) is 0 Å². The highest BCUT2D eigenvalue weighted by atomic mass is 16.6. The SMILES string of the molecule is C[C@H](NC(=O)[C@@H]1Cc2ccccc2CN1C(=O)OC(C)(C)C)C(=O)NC[C@H]1CCCO1. The Hall–Kier alpha value is -2.61. The van der Waals surface area contributed by atoms with Gasteiger partial charge in [0.15, 0.2) is 0 Å². The first kappa shape index (κ1) is 23.1. The number of ether oxygens (including phenoxy) is 2. The normalized spacial score (nSPS) is 21.7. The zero-order valence-corrected chi connectivity index (χ0v) is 18.8. The summed E-state index contributed by atoms with van der Waals surface area (Å²) in [7, 11) is 0. The van der Waals surface area contributed by atoms with E-state index in [4.69, 9.17) is 9.47 Å². The van der Waals surface area contributed by atoms with E-state index in [1.165, 1.54) is 4.90 Å². The van der Waals surface area contributed by atoms with Crippen LogP contribution in [0.5, 0.6) is 0 Å². The van der Waals surface area contributed by atoms with Gasteiger partial charge in [0.05, 0.1) is 12.6 Å². The topological polar surface area (TPSA) is 97.0 Å². The van der Waals surface area contributed by atoms with Crippen LogP contribution in [0.3, 0.4) is 0 Å². The van der Waals surface area contributed by atoms with E-state index in [1.54, 1.807) is 27.7 Å². The van der Waals surface area contributed by atoms with Crippen LogP contribution in [0.15, 0.2) is 24.3 Å². The van der Waals surface area contributed by atoms with Crippen LogP contribution in [-0.4, -0.2) is 59.7 Å². The number of amides is 3. The van der Waals surface area contributed by atoms with Crippen molar-refractivity contribution >= 4 is 17.9 Å². The molecule has 3 rings (SSSR count). The first-order valence-corrected chi connectivity index (χ1v) is 10.9. The van der Waals surface area contributed by atoms with E-state index in [-0.39, 0.29) is 24.5 Å². The van der Waals surface area contributed by atoms with Gasteiger partial charge in [0, 0.05) is 19.6 Å². The zero-order chi connectivity index (χ0) is 22.6. The fourth-order valence-electron chi connectivity index (χ4n) is 3.82. The Morgan fingerprint density at radius 2 is 1.94 bits per heavy atom. The number of nitrogens with one attached hydrogen (secondary N) is 2. The van der Waals surface area contributed by atoms with Gasteiger partial charge >= 0.3 is 6.09 Å². The number of carbonyl (C=O) groups excluding carboxylic acids is 3. The van der Waals surface area contributed by atoms with E-state index in [0.29, 0.717) is 13.0 Å². The second kappa shape index (κ2) is 9.68. The van der Waals surface area contributed by atoms with Crippen molar-refractivity contribution in [1.29, 1.82) is 0 Å². The number of carbonyl (C=O) groups is 3. The van der Waals surface area contributed by atoms with Crippen LogP contribution in [-0.2, 0) is 32.0 Å². The number of nitrogens with zero attached hydrogens (tertiary/aromatic N) is 1. The monoisotopic (exact) mass is 431 g/mol. The molecule has 1 saturated heterocycles. The van der Waals surface area contributed by atoms with E-state index < -0.39 is 23.8 Å². The maximum absolute atomic E-state index is 13.1. The molecular formula is C23H33N3O5. The van der Waals surface area contributed by atoms with Gasteiger partial charge in [-0.3, -0.25) is 14.5 Å². The summed E-state index contributed by atoms with van der Waals surface area (Å²) in [6.45, 7) is 8.44. The third-order valence-electron chi connectivity index (χ3n) is 5.46. The smallest absolute Gasteiger partial charge is 0.411 e. The minimum absolute atomic E-state index is 0.0318. The third-order valence-corrected chi connectivity index (χ3v) is 5.46. The lowest BCUT2D eigenvalue weighted by Crippen LogP contribution is -2.57. The number of benzene rings is 1. The Morgan fingerprint density at radius 1 is 1.23 bits per heavy atom. The van der Waals surface area contributed by atoms with Crippen LogP contribution in [0.2, 0.25) is 0 Å². The molecule has 31 heavy (non-hydrogen) atoms. The molecule has 2 aliphatic heterocycles. The maximum atomic E-state index is 13.1. The molecule has 1 aromatic rings. The number of fused-ring (bicyclic) bond motifs is 1. The first-order chi connectivity index (χ1) is 14.6. The molecule has 0 aliphatic carbocycles. The van der Waals surface area contributed by atoms with Crippen molar-refractivity contribution in [1.82, 2.24) is 15.5 Å². The minimum atomic E-state index is -0.752. The molecule has 8 heteroatoms. The highest BCUT2D eigenvalue weighted by Gasteiger charge is 2.37. The highest BCUT2D eigenvalue weighted by molar-refractivity contribution is 5.91. The lowest BCUT2D eigenvalue weighted by molar-refractivity contribution is -0.132. The van der Waals surface area contributed by atoms with Crippen molar-refractivity contribution in [2.24, 2.45) is 0 Å². The van der Waals surface area contributed by atoms with Crippen molar-refractivity contribution in [3.8, 4) is 0 Å². The van der Waals surface area contributed by atoms with Gasteiger partial charge in [0.1, 0.15) is 17.7 Å². The lowest BCUT2D eigenvalue weighted by Gasteiger charge is -2.37. The third kappa shape index (κ3) is 6.19. The van der Waals surface area contributed by atoms with Gasteiger partial charge in [-0.1, -0.05) is 24.3 Å². The Morgan fingerprint density at radius 3 is 2.58 bits per heavy atom. The van der Waals surface area contributed by atoms with Crippen LogP contribution in [0.1, 0.15) is 51.7 Å². The summed E-state index contributed by atoms with van der Waals surface area (Å²) in [5.41, 5.74) is 1.32. The van der Waals surface area contributed by atoms with Crippen molar-refractivity contribution in [3.05, 3.63) is 35.4 Å². The van der Waals surface area contributed by atoms with E-state index in [9.17, 15) is 14.4 Å². The van der Waals surface area contributed by atoms with Gasteiger partial charge in [-0.15, -0.1) is 0 Å². The molecule has 0 radical (unpaired) electrons. The molecular weight excluding hydrogens is 398 g/mol. The Kier molecular flexibility index (Phi) is 7.20. The molecule has 0 unspecified atom stereocenters. The summed E-state index contributed by atoms with van der Waals surface area (Å²) in [5, 5.41) is 5.59. The number of hydrogen-bond acceptors (Lipinski definition) is 5. The van der Waals surface area contributed by atoms with Gasteiger partial charge < -0.3 is 20.1 Å². The first-order valence-electron chi connectivity index (χ1n) is 10.9. The molecule has 8 nitrogen and oxygen atoms in total. The Balaban J connectivity index is 1.66. The van der Waals surface area contributed by atoms with E-state index in [0.717, 1.165) is 30.6 Å². The summed E-state index contributed by atoms with van der Waals surface area (Å²) in [4.78, 5) is 39.8. The average Bonchev–Trinajstić information content (AvgIpc) is 3.23. The second-order valence-corrected chi connectivity index (χ2v) is 9.21. The Bertz CT molecular complexity index is 814. The van der Waals surface area contributed by atoms with Crippen molar-refractivity contribution in [2.75, 3.05) is 13.2 Å². The predicted molar refractivity (Wildman–Crippen MR) is 115 cm³/mol. The lowest BCUT2D eigenvalue weighted by atomic mass is 9.93. The fourth-order valence-corrected chi connectivity index (χ4v) is 3.82. The largest absolute Gasteiger partial charge is 0.444 e. The van der Waals surface area contributed by atoms with Crippen molar-refractivity contribution in [2.45, 2.75) is 77.3 Å². The second-order valence-electron chi connectivity index (χ2n) is 9.21. The molecule has 0 spiro atoms. The van der Waals surface area contributed by atoms with Gasteiger partial charge in [-0.25, -0.2) is 4.79 Å². The molecule has 3 amide bonds. The van der Waals surface area contributed by atoms with Crippen LogP contribution < -0.4 is 10.6 Å². The van der Waals surface area contributed by atoms with Crippen molar-refractivity contribution < 1.29 is 23.9 Å². The molecule has 0 saturated carbocycles. The Labute approximate surface area is 183 Å². The molecule has 1 aromatic carbocycles. The van der Waals surface area contributed by atoms with Gasteiger partial charge in [0.25, 0.3) is 0 Å². The number of rotatable bonds is 5. The van der Waals surface area contributed by atoms with E-state index in [1.807, 2.05) is 24.3 Å². The predicted octanol–water partition coefficient (Wildman–Crippen LogP) is 2.15. The summed E-state index contributed by atoms with van der Waals surface area (Å²) in [6, 6.07) is 6.25. The molecule has 2 aliphatic rings. The average molecular weight is 432 g/mol. The zero-order valence-electron chi connectivity index (χ0n) is 18.8. The molecule has 0 aromatic heterocycles. The standard InChI is InChI=1S/C23H33N3O5/c1-15(20(27)24-13-18-10-7-11-30-18)25-21(28)19-12-16-8-5-6-9-17(16)14-26(19)22(29)31-23(2,3)4/h5-6,8-9,15,18-19H,7,10-14H2,1-4H3,(H,24,27)(H,25,28)/t15-,18+,19-/m0/s1. The van der Waals surface area contributed by atoms with Gasteiger partial charge in [-0.2, -0.15) is 0 Å². The van der Waals surface area contributed by atoms with Gasteiger partial charge in [0.2, 0.25) is 11.8 Å². The minimum Gasteiger partial charge on any atom is -0.444 e. The van der Waals surface area contributed by atoms with E-state index >= 15 is 0 Å². The summed E-state index contributed by atoms with van der Waals surface area (Å²) in [5.74, 6) is -0.649. The summed E-state index contributed by atoms with van der Waals surface area (Å²) in [6.07, 6.45) is 1.77. The van der Waals surface area contributed by atoms with Crippen LogP contribution >= 0.6 is 0 Å².